The molecule has 0 radical (unpaired) electrons. The Labute approximate surface area is 204 Å². The molecule has 2 fully saturated rings. The van der Waals surface area contributed by atoms with Gasteiger partial charge in [0.05, 0.1) is 18.1 Å². The molecule has 2 aromatic rings. The van der Waals surface area contributed by atoms with Gasteiger partial charge in [0.15, 0.2) is 11.5 Å². The van der Waals surface area contributed by atoms with Crippen LogP contribution in [0.3, 0.4) is 0 Å². The molecule has 2 aromatic carbocycles. The van der Waals surface area contributed by atoms with Gasteiger partial charge in [-0.1, -0.05) is 36.4 Å². The van der Waals surface area contributed by atoms with E-state index >= 15 is 0 Å². The number of rotatable bonds is 8. The van der Waals surface area contributed by atoms with Gasteiger partial charge in [0.1, 0.15) is 0 Å². The molecule has 0 unspecified atom stereocenters. The molecule has 184 valence electrons. The average Bonchev–Trinajstić information content (AvgIpc) is 3.61. The fourth-order valence-electron chi connectivity index (χ4n) is 5.22. The minimum Gasteiger partial charge on any atom is -0.454 e. The maximum atomic E-state index is 13.9. The van der Waals surface area contributed by atoms with Crippen molar-refractivity contribution in [3.63, 3.8) is 0 Å². The first-order valence-corrected chi connectivity index (χ1v) is 12.2. The van der Waals surface area contributed by atoms with E-state index in [0.29, 0.717) is 36.8 Å². The Morgan fingerprint density at radius 3 is 2.66 bits per heavy atom. The van der Waals surface area contributed by atoms with Gasteiger partial charge in [-0.15, -0.1) is 0 Å². The van der Waals surface area contributed by atoms with Crippen molar-refractivity contribution in [3.8, 4) is 11.5 Å². The topological polar surface area (TPSA) is 85.4 Å². The minimum atomic E-state index is -1.23. The van der Waals surface area contributed by atoms with Gasteiger partial charge in [0, 0.05) is 32.5 Å². The number of fused-ring (bicyclic) bond motifs is 1. The van der Waals surface area contributed by atoms with Crippen LogP contribution in [0, 0.1) is 0 Å². The predicted octanol–water partition coefficient (Wildman–Crippen LogP) is 3.03. The second-order valence-electron chi connectivity index (χ2n) is 9.34. The molecule has 0 saturated carbocycles. The molecule has 3 heterocycles. The molecule has 8 nitrogen and oxygen atoms in total. The largest absolute Gasteiger partial charge is 0.454 e. The summed E-state index contributed by atoms with van der Waals surface area (Å²) in [6, 6.07) is 14.6. The van der Waals surface area contributed by atoms with Crippen molar-refractivity contribution in [3.05, 3.63) is 59.7 Å². The van der Waals surface area contributed by atoms with Gasteiger partial charge in [0.2, 0.25) is 24.5 Å². The van der Waals surface area contributed by atoms with Crippen LogP contribution < -0.4 is 9.47 Å². The van der Waals surface area contributed by atoms with E-state index in [1.165, 1.54) is 4.90 Å². The molecule has 0 N–H and O–H groups in total. The van der Waals surface area contributed by atoms with Crippen molar-refractivity contribution in [2.75, 3.05) is 26.5 Å². The molecule has 3 aliphatic rings. The number of hydrogen-bond donors (Lipinski definition) is 0. The van der Waals surface area contributed by atoms with Crippen molar-refractivity contribution in [1.82, 2.24) is 9.80 Å². The molecule has 3 amide bonds. The third-order valence-corrected chi connectivity index (χ3v) is 7.15. The average molecular weight is 479 g/mol. The third kappa shape index (κ3) is 4.50. The van der Waals surface area contributed by atoms with Crippen LogP contribution in [0.1, 0.15) is 43.7 Å². The molecule has 0 aromatic heterocycles. The zero-order valence-corrected chi connectivity index (χ0v) is 19.9. The Kier molecular flexibility index (Phi) is 6.47. The molecule has 0 aliphatic carbocycles. The van der Waals surface area contributed by atoms with Crippen LogP contribution in [-0.2, 0) is 31.1 Å². The standard InChI is InChI=1S/C27H30N2O6/c1-2-28(17-21-9-6-12-33-21)24(30)14-27(20-7-4-3-5-8-20)15-25(31)29(26(27)32)16-19-10-11-22-23(13-19)35-18-34-22/h3-5,7-8,10-11,13,21H,2,6,9,12,14-18H2,1H3/t21-,27+/m0/s1. The van der Waals surface area contributed by atoms with E-state index in [-0.39, 0.29) is 50.0 Å². The van der Waals surface area contributed by atoms with Gasteiger partial charge in [-0.05, 0) is 43.0 Å². The first-order valence-electron chi connectivity index (χ1n) is 12.2. The maximum Gasteiger partial charge on any atom is 0.241 e. The van der Waals surface area contributed by atoms with Crippen LogP contribution in [0.5, 0.6) is 11.5 Å². The second kappa shape index (κ2) is 9.70. The fraction of sp³-hybridized carbons (Fsp3) is 0.444. The molecule has 2 saturated heterocycles. The van der Waals surface area contributed by atoms with E-state index in [2.05, 4.69) is 0 Å². The molecule has 0 spiro atoms. The lowest BCUT2D eigenvalue weighted by Crippen LogP contribution is -2.45. The van der Waals surface area contributed by atoms with Crippen LogP contribution in [0.4, 0.5) is 0 Å². The van der Waals surface area contributed by atoms with Gasteiger partial charge in [-0.3, -0.25) is 19.3 Å². The smallest absolute Gasteiger partial charge is 0.241 e. The van der Waals surface area contributed by atoms with Crippen molar-refractivity contribution in [1.29, 1.82) is 0 Å². The van der Waals surface area contributed by atoms with Crippen molar-refractivity contribution in [2.24, 2.45) is 0 Å². The molecule has 8 heteroatoms. The van der Waals surface area contributed by atoms with E-state index < -0.39 is 5.41 Å². The first kappa shape index (κ1) is 23.4. The molecule has 35 heavy (non-hydrogen) atoms. The highest BCUT2D eigenvalue weighted by atomic mass is 16.7. The Morgan fingerprint density at radius 1 is 1.11 bits per heavy atom. The van der Waals surface area contributed by atoms with Gasteiger partial charge in [-0.2, -0.15) is 0 Å². The molecule has 2 atom stereocenters. The molecule has 3 aliphatic heterocycles. The molecular weight excluding hydrogens is 448 g/mol. The van der Waals surface area contributed by atoms with Crippen LogP contribution in [-0.4, -0.2) is 60.1 Å². The number of benzene rings is 2. The summed E-state index contributed by atoms with van der Waals surface area (Å²) < 4.78 is 16.5. The minimum absolute atomic E-state index is 0.0231. The molecule has 5 rings (SSSR count). The van der Waals surface area contributed by atoms with Crippen molar-refractivity contribution < 1.29 is 28.6 Å². The zero-order valence-electron chi connectivity index (χ0n) is 19.9. The highest BCUT2D eigenvalue weighted by Crippen LogP contribution is 2.41. The van der Waals surface area contributed by atoms with Crippen LogP contribution >= 0.6 is 0 Å². The maximum absolute atomic E-state index is 13.9. The zero-order chi connectivity index (χ0) is 24.4. The van der Waals surface area contributed by atoms with E-state index in [1.54, 1.807) is 17.0 Å². The lowest BCUT2D eigenvalue weighted by atomic mass is 9.75. The van der Waals surface area contributed by atoms with E-state index in [9.17, 15) is 14.4 Å². The summed E-state index contributed by atoms with van der Waals surface area (Å²) in [5.41, 5.74) is 0.225. The first-order chi connectivity index (χ1) is 17.0. The van der Waals surface area contributed by atoms with Gasteiger partial charge < -0.3 is 19.1 Å². The Bertz CT molecular complexity index is 1110. The Morgan fingerprint density at radius 2 is 1.91 bits per heavy atom. The summed E-state index contributed by atoms with van der Waals surface area (Å²) in [4.78, 5) is 43.7. The SMILES string of the molecule is CCN(C[C@@H]1CCCO1)C(=O)C[C@]1(c2ccccc2)CC(=O)N(Cc2ccc3c(c2)OCO3)C1=O. The second-order valence-corrected chi connectivity index (χ2v) is 9.34. The number of carbonyl (C=O) groups is 3. The summed E-state index contributed by atoms with van der Waals surface area (Å²) >= 11 is 0. The number of imide groups is 1. The number of hydrogen-bond acceptors (Lipinski definition) is 6. The summed E-state index contributed by atoms with van der Waals surface area (Å²) in [7, 11) is 0. The van der Waals surface area contributed by atoms with E-state index in [4.69, 9.17) is 14.2 Å². The highest BCUT2D eigenvalue weighted by Gasteiger charge is 2.54. The summed E-state index contributed by atoms with van der Waals surface area (Å²) in [6.45, 7) is 3.93. The number of nitrogens with zero attached hydrogens (tertiary/aromatic N) is 2. The number of amides is 3. The van der Waals surface area contributed by atoms with Crippen LogP contribution in [0.25, 0.3) is 0 Å². The number of likely N-dealkylation sites (tertiary alicyclic amines) is 1. The number of carbonyl (C=O) groups excluding carboxylic acids is 3. The van der Waals surface area contributed by atoms with Gasteiger partial charge >= 0.3 is 0 Å². The van der Waals surface area contributed by atoms with Crippen molar-refractivity contribution >= 4 is 17.7 Å². The summed E-state index contributed by atoms with van der Waals surface area (Å²) in [5, 5.41) is 0. The molecule has 0 bridgehead atoms. The highest BCUT2D eigenvalue weighted by molar-refractivity contribution is 6.10. The van der Waals surface area contributed by atoms with Crippen LogP contribution in [0.15, 0.2) is 48.5 Å². The van der Waals surface area contributed by atoms with E-state index in [0.717, 1.165) is 18.4 Å². The lowest BCUT2D eigenvalue weighted by molar-refractivity contribution is -0.143. The number of likely N-dealkylation sites (N-methyl/N-ethyl adjacent to an activating group) is 1. The Hall–Kier alpha value is -3.39. The normalized spacial score (nSPS) is 23.2. The lowest BCUT2D eigenvalue weighted by Gasteiger charge is -2.31. The van der Waals surface area contributed by atoms with Gasteiger partial charge in [-0.25, -0.2) is 0 Å². The quantitative estimate of drug-likeness (QED) is 0.543. The third-order valence-electron chi connectivity index (χ3n) is 7.15. The molecular formula is C27H30N2O6. The fourth-order valence-corrected chi connectivity index (χ4v) is 5.22. The number of ether oxygens (including phenoxy) is 3. The van der Waals surface area contributed by atoms with Crippen LogP contribution in [0.2, 0.25) is 0 Å². The van der Waals surface area contributed by atoms with Crippen molar-refractivity contribution in [2.45, 2.75) is 50.7 Å². The van der Waals surface area contributed by atoms with E-state index in [1.807, 2.05) is 43.3 Å². The summed E-state index contributed by atoms with van der Waals surface area (Å²) in [5.74, 6) is 0.471. The predicted molar refractivity (Wildman–Crippen MR) is 127 cm³/mol. The Balaban J connectivity index is 1.41. The monoisotopic (exact) mass is 478 g/mol. The van der Waals surface area contributed by atoms with Gasteiger partial charge in [0.25, 0.3) is 0 Å². The summed E-state index contributed by atoms with van der Waals surface area (Å²) in [6.07, 6.45) is 1.85.